The van der Waals surface area contributed by atoms with E-state index in [-0.39, 0.29) is 11.5 Å². The van der Waals surface area contributed by atoms with E-state index in [0.717, 1.165) is 11.1 Å². The molecule has 0 amide bonds. The van der Waals surface area contributed by atoms with Crippen LogP contribution >= 0.6 is 0 Å². The lowest BCUT2D eigenvalue weighted by Crippen LogP contribution is -2.33. The van der Waals surface area contributed by atoms with Gasteiger partial charge in [0.25, 0.3) is 0 Å². The third-order valence-corrected chi connectivity index (χ3v) is 5.26. The highest BCUT2D eigenvalue weighted by molar-refractivity contribution is 7.85. The van der Waals surface area contributed by atoms with E-state index in [1.807, 2.05) is 72.0 Å². The molecule has 2 heterocycles. The highest BCUT2D eigenvalue weighted by atomic mass is 32.2. The Balaban J connectivity index is 0.000000280. The molecule has 0 aliphatic carbocycles. The molecule has 0 N–H and O–H groups in total. The van der Waals surface area contributed by atoms with E-state index in [9.17, 15) is 25.9 Å². The van der Waals surface area contributed by atoms with Crippen LogP contribution in [0.15, 0.2) is 49.1 Å². The van der Waals surface area contributed by atoms with Gasteiger partial charge in [-0.2, -0.15) is 0 Å². The molecule has 0 bridgehead atoms. The van der Waals surface area contributed by atoms with Gasteiger partial charge in [0.2, 0.25) is 0 Å². The molecule has 0 spiro atoms. The minimum absolute atomic E-state index is 0.298. The quantitative estimate of drug-likeness (QED) is 0.442. The molecule has 0 saturated carbocycles. The van der Waals surface area contributed by atoms with Crippen LogP contribution in [0.2, 0.25) is 0 Å². The van der Waals surface area contributed by atoms with Gasteiger partial charge in [-0.25, -0.2) is 26.0 Å². The summed E-state index contributed by atoms with van der Waals surface area (Å²) in [6, 6.07) is 7.72. The predicted octanol–water partition coefficient (Wildman–Crippen LogP) is 0.436. The number of aryl methyl sites for hydroxylation is 4. The van der Waals surface area contributed by atoms with Crippen LogP contribution < -0.4 is 9.13 Å². The van der Waals surface area contributed by atoms with Crippen molar-refractivity contribution in [2.24, 2.45) is 0 Å². The van der Waals surface area contributed by atoms with Gasteiger partial charge >= 0.3 is 0 Å². The van der Waals surface area contributed by atoms with Gasteiger partial charge in [0.15, 0.2) is 24.8 Å². The van der Waals surface area contributed by atoms with Crippen LogP contribution in [-0.4, -0.2) is 37.4 Å². The monoisotopic (exact) mass is 430 g/mol. The van der Waals surface area contributed by atoms with Crippen LogP contribution in [0.5, 0.6) is 0 Å². The lowest BCUT2D eigenvalue weighted by atomic mass is 10.3. The van der Waals surface area contributed by atoms with Crippen LogP contribution in [0.1, 0.15) is 24.0 Å². The second-order valence-corrected chi connectivity index (χ2v) is 9.51. The molecule has 0 fully saturated rings. The van der Waals surface area contributed by atoms with Crippen molar-refractivity contribution in [3.8, 4) is 0 Å². The zero-order chi connectivity index (χ0) is 21.2. The van der Waals surface area contributed by atoms with Crippen molar-refractivity contribution in [3.05, 3.63) is 60.2 Å². The molecule has 0 aliphatic heterocycles. The summed E-state index contributed by atoms with van der Waals surface area (Å²) < 4.78 is 65.6. The van der Waals surface area contributed by atoms with Crippen LogP contribution in [0.4, 0.5) is 0 Å². The lowest BCUT2D eigenvalue weighted by molar-refractivity contribution is -0.697. The third kappa shape index (κ3) is 12.5. The standard InChI is InChI=1S/2C9H13NO3S/c1-9-3-6-10(7-4-9)5-2-8-14(11,12)13;1-9-4-2-5-10(8-9)6-3-7-14(11,12)13/h3-4,6-7H,2,5,8H2,1H3;2,4-5,8H,3,6-7H2,1H3. The first kappa shape index (κ1) is 24.2. The molecule has 2 aromatic rings. The highest BCUT2D eigenvalue weighted by Gasteiger charge is 2.02. The van der Waals surface area contributed by atoms with Gasteiger partial charge in [-0.05, 0) is 25.5 Å². The zero-order valence-electron chi connectivity index (χ0n) is 16.0. The fourth-order valence-electron chi connectivity index (χ4n) is 2.32. The van der Waals surface area contributed by atoms with E-state index in [0.29, 0.717) is 25.9 Å². The summed E-state index contributed by atoms with van der Waals surface area (Å²) in [5, 5.41) is 0. The van der Waals surface area contributed by atoms with Crippen molar-refractivity contribution < 1.29 is 35.1 Å². The van der Waals surface area contributed by atoms with Crippen LogP contribution in [0.3, 0.4) is 0 Å². The van der Waals surface area contributed by atoms with Crippen molar-refractivity contribution in [2.45, 2.75) is 39.8 Å². The first-order valence-electron chi connectivity index (χ1n) is 8.73. The predicted molar refractivity (Wildman–Crippen MR) is 101 cm³/mol. The van der Waals surface area contributed by atoms with E-state index >= 15 is 0 Å². The van der Waals surface area contributed by atoms with E-state index < -0.39 is 20.2 Å². The maximum Gasteiger partial charge on any atom is 0.171 e. The summed E-state index contributed by atoms with van der Waals surface area (Å²) in [6.45, 7) is 5.05. The van der Waals surface area contributed by atoms with Gasteiger partial charge in [0.1, 0.15) is 13.1 Å². The number of hydrogen-bond acceptors (Lipinski definition) is 6. The summed E-state index contributed by atoms with van der Waals surface area (Å²) >= 11 is 0. The average molecular weight is 431 g/mol. The summed E-state index contributed by atoms with van der Waals surface area (Å²) in [7, 11) is -8.13. The van der Waals surface area contributed by atoms with E-state index in [4.69, 9.17) is 0 Å². The second-order valence-electron chi connectivity index (χ2n) is 6.46. The molecule has 10 heteroatoms. The van der Waals surface area contributed by atoms with Crippen molar-refractivity contribution in [1.82, 2.24) is 0 Å². The van der Waals surface area contributed by atoms with E-state index in [1.54, 1.807) is 0 Å². The number of hydrogen-bond donors (Lipinski definition) is 0. The van der Waals surface area contributed by atoms with Crippen LogP contribution in [0.25, 0.3) is 0 Å². The van der Waals surface area contributed by atoms with Gasteiger partial charge in [-0.3, -0.25) is 0 Å². The molecule has 0 saturated heterocycles. The van der Waals surface area contributed by atoms with Gasteiger partial charge in [0, 0.05) is 48.1 Å². The molecule has 156 valence electrons. The number of nitrogens with zero attached hydrogens (tertiary/aromatic N) is 2. The molecule has 2 rings (SSSR count). The zero-order valence-corrected chi connectivity index (χ0v) is 17.7. The molecule has 0 atom stereocenters. The molecule has 8 nitrogen and oxygen atoms in total. The lowest BCUT2D eigenvalue weighted by Gasteiger charge is -2.04. The molecular weight excluding hydrogens is 404 g/mol. The van der Waals surface area contributed by atoms with Gasteiger partial charge in [0.05, 0.1) is 20.2 Å². The largest absolute Gasteiger partial charge is 0.748 e. The summed E-state index contributed by atoms with van der Waals surface area (Å²) in [5.74, 6) is -0.595. The number of pyridine rings is 2. The molecule has 28 heavy (non-hydrogen) atoms. The fourth-order valence-corrected chi connectivity index (χ4v) is 3.29. The Labute approximate surface area is 167 Å². The maximum absolute atomic E-state index is 10.3. The fraction of sp³-hybridized carbons (Fsp3) is 0.444. The SMILES string of the molecule is Cc1cc[n+](CCCS(=O)(=O)[O-])cc1.Cc1ccc[n+](CCCS(=O)(=O)[O-])c1. The Bertz CT molecular complexity index is 942. The minimum Gasteiger partial charge on any atom is -0.748 e. The van der Waals surface area contributed by atoms with E-state index in [1.165, 1.54) is 0 Å². The Morgan fingerprint density at radius 1 is 0.750 bits per heavy atom. The Morgan fingerprint density at radius 3 is 1.71 bits per heavy atom. The van der Waals surface area contributed by atoms with Crippen LogP contribution in [0, 0.1) is 13.8 Å². The van der Waals surface area contributed by atoms with Gasteiger partial charge in [-0.15, -0.1) is 0 Å². The summed E-state index contributed by atoms with van der Waals surface area (Å²) in [4.78, 5) is 0. The highest BCUT2D eigenvalue weighted by Crippen LogP contribution is 1.93. The molecule has 2 aromatic heterocycles. The number of rotatable bonds is 8. The summed E-state index contributed by atoms with van der Waals surface area (Å²) in [6.07, 6.45) is 8.22. The number of aromatic nitrogens is 2. The first-order chi connectivity index (χ1) is 12.9. The van der Waals surface area contributed by atoms with Gasteiger partial charge < -0.3 is 9.11 Å². The second kappa shape index (κ2) is 11.2. The minimum atomic E-state index is -4.07. The van der Waals surface area contributed by atoms with Crippen molar-refractivity contribution in [2.75, 3.05) is 11.5 Å². The molecular formula is C18H26N2O6S2. The third-order valence-electron chi connectivity index (χ3n) is 3.69. The Morgan fingerprint density at radius 2 is 1.25 bits per heavy atom. The Hall–Kier alpha value is -1.88. The average Bonchev–Trinajstić information content (AvgIpc) is 2.55. The summed E-state index contributed by atoms with van der Waals surface area (Å²) in [5.41, 5.74) is 2.26. The normalized spacial score (nSPS) is 11.6. The molecule has 0 unspecified atom stereocenters. The first-order valence-corrected chi connectivity index (χ1v) is 11.9. The van der Waals surface area contributed by atoms with Crippen molar-refractivity contribution >= 4 is 20.2 Å². The molecule has 0 radical (unpaired) electrons. The van der Waals surface area contributed by atoms with Crippen molar-refractivity contribution in [1.29, 1.82) is 0 Å². The van der Waals surface area contributed by atoms with E-state index in [2.05, 4.69) is 0 Å². The van der Waals surface area contributed by atoms with Gasteiger partial charge in [-0.1, -0.05) is 0 Å². The topological polar surface area (TPSA) is 122 Å². The molecule has 0 aliphatic rings. The van der Waals surface area contributed by atoms with Crippen molar-refractivity contribution in [3.63, 3.8) is 0 Å². The smallest absolute Gasteiger partial charge is 0.171 e. The molecule has 0 aromatic carbocycles. The maximum atomic E-state index is 10.3. The van der Waals surface area contributed by atoms with Crippen LogP contribution in [-0.2, 0) is 33.3 Å². The Kier molecular flexibility index (Phi) is 9.66.